The van der Waals surface area contributed by atoms with Gasteiger partial charge in [0.2, 0.25) is 0 Å². The van der Waals surface area contributed by atoms with Crippen molar-refractivity contribution in [1.29, 1.82) is 0 Å². The molecule has 0 amide bonds. The van der Waals surface area contributed by atoms with Gasteiger partial charge in [-0.05, 0) is 32.9 Å². The molecule has 1 aliphatic heterocycles. The van der Waals surface area contributed by atoms with Gasteiger partial charge in [-0.1, -0.05) is 19.5 Å². The Labute approximate surface area is 93.9 Å². The molecule has 0 saturated carbocycles. The van der Waals surface area contributed by atoms with Gasteiger partial charge in [-0.25, -0.2) is 0 Å². The molecular weight excluding hydrogens is 206 g/mol. The molecule has 0 radical (unpaired) electrons. The second-order valence-electron chi connectivity index (χ2n) is 4.89. The number of carbonyl (C=O) groups is 1. The quantitative estimate of drug-likeness (QED) is 0.549. The van der Waals surface area contributed by atoms with E-state index in [4.69, 9.17) is 4.74 Å². The smallest absolute Gasteiger partial charge is 0.322 e. The van der Waals surface area contributed by atoms with Crippen LogP contribution in [0, 0.1) is 0 Å². The van der Waals surface area contributed by atoms with Gasteiger partial charge in [0.15, 0.2) is 0 Å². The van der Waals surface area contributed by atoms with E-state index >= 15 is 0 Å². The number of esters is 1. The molecule has 4 heteroatoms. The molecule has 3 nitrogen and oxygen atoms in total. The summed E-state index contributed by atoms with van der Waals surface area (Å²) in [6.07, 6.45) is 2.55. The van der Waals surface area contributed by atoms with Crippen LogP contribution >= 0.6 is 0 Å². The molecule has 0 aromatic carbocycles. The molecule has 1 saturated heterocycles. The first-order valence-electron chi connectivity index (χ1n) is 5.92. The van der Waals surface area contributed by atoms with Crippen LogP contribution in [0.3, 0.4) is 0 Å². The molecular formula is C11H23NO2Si. The summed E-state index contributed by atoms with van der Waals surface area (Å²) in [5.41, 5.74) is 0. The van der Waals surface area contributed by atoms with Crippen molar-refractivity contribution in [2.45, 2.75) is 51.9 Å². The van der Waals surface area contributed by atoms with Crippen molar-refractivity contribution < 1.29 is 9.53 Å². The van der Waals surface area contributed by atoms with Crippen molar-refractivity contribution in [3.05, 3.63) is 0 Å². The molecule has 0 aliphatic carbocycles. The summed E-state index contributed by atoms with van der Waals surface area (Å²) < 4.78 is 7.50. The lowest BCUT2D eigenvalue weighted by molar-refractivity contribution is -0.147. The van der Waals surface area contributed by atoms with Crippen LogP contribution in [0.1, 0.15) is 26.7 Å². The average Bonchev–Trinajstić information content (AvgIpc) is 2.16. The largest absolute Gasteiger partial charge is 0.465 e. The van der Waals surface area contributed by atoms with Crippen LogP contribution in [0.5, 0.6) is 0 Å². The van der Waals surface area contributed by atoms with E-state index in [2.05, 4.69) is 17.7 Å². The Bertz CT molecular complexity index is 231. The van der Waals surface area contributed by atoms with Crippen molar-refractivity contribution in [2.24, 2.45) is 0 Å². The fraction of sp³-hybridized carbons (Fsp3) is 0.909. The molecule has 0 N–H and O–H groups in total. The van der Waals surface area contributed by atoms with E-state index in [0.717, 1.165) is 6.54 Å². The van der Waals surface area contributed by atoms with Crippen molar-refractivity contribution in [2.75, 3.05) is 13.2 Å². The SMILES string of the molecule is CCOC(=O)C(C)N1CCCC[Si]1(C)C. The van der Waals surface area contributed by atoms with Gasteiger partial charge in [-0.3, -0.25) is 4.79 Å². The Morgan fingerprint density at radius 2 is 2.13 bits per heavy atom. The zero-order valence-electron chi connectivity index (χ0n) is 10.4. The van der Waals surface area contributed by atoms with Crippen molar-refractivity contribution >= 4 is 14.2 Å². The number of nitrogens with zero attached hydrogens (tertiary/aromatic N) is 1. The predicted octanol–water partition coefficient (Wildman–Crippen LogP) is 2.24. The van der Waals surface area contributed by atoms with E-state index in [0.29, 0.717) is 6.61 Å². The number of ether oxygens (including phenoxy) is 1. The average molecular weight is 229 g/mol. The lowest BCUT2D eigenvalue weighted by Crippen LogP contribution is -2.57. The van der Waals surface area contributed by atoms with E-state index in [9.17, 15) is 4.79 Å². The molecule has 88 valence electrons. The molecule has 1 heterocycles. The van der Waals surface area contributed by atoms with E-state index in [-0.39, 0.29) is 12.0 Å². The second-order valence-corrected chi connectivity index (χ2v) is 9.59. The maximum atomic E-state index is 11.7. The summed E-state index contributed by atoms with van der Waals surface area (Å²) in [6, 6.07) is 1.25. The lowest BCUT2D eigenvalue weighted by atomic mass is 10.3. The minimum atomic E-state index is -1.34. The van der Waals surface area contributed by atoms with E-state index in [1.807, 2.05) is 13.8 Å². The van der Waals surface area contributed by atoms with Gasteiger partial charge in [-0.15, -0.1) is 0 Å². The first-order chi connectivity index (χ1) is 6.99. The minimum Gasteiger partial charge on any atom is -0.465 e. The number of hydrogen-bond acceptors (Lipinski definition) is 3. The van der Waals surface area contributed by atoms with Gasteiger partial charge in [0.25, 0.3) is 0 Å². The van der Waals surface area contributed by atoms with Crippen LogP contribution in [0.15, 0.2) is 0 Å². The normalized spacial score (nSPS) is 23.5. The zero-order chi connectivity index (χ0) is 11.5. The Morgan fingerprint density at radius 1 is 1.47 bits per heavy atom. The maximum absolute atomic E-state index is 11.7. The third kappa shape index (κ3) is 3.05. The van der Waals surface area contributed by atoms with Crippen molar-refractivity contribution in [3.63, 3.8) is 0 Å². The molecule has 1 rings (SSSR count). The highest BCUT2D eigenvalue weighted by atomic mass is 28.3. The topological polar surface area (TPSA) is 29.5 Å². The van der Waals surface area contributed by atoms with Crippen LogP contribution in [-0.2, 0) is 9.53 Å². The third-order valence-electron chi connectivity index (χ3n) is 3.31. The standard InChI is InChI=1S/C11H23NO2Si/c1-5-14-11(13)10(2)12-8-6-7-9-15(12,3)4/h10H,5-9H2,1-4H3. The second kappa shape index (κ2) is 5.12. The van der Waals surface area contributed by atoms with Crippen molar-refractivity contribution in [1.82, 2.24) is 4.57 Å². The minimum absolute atomic E-state index is 0.0492. The van der Waals surface area contributed by atoms with Crippen LogP contribution in [-0.4, -0.2) is 38.0 Å². The molecule has 1 aliphatic rings. The summed E-state index contributed by atoms with van der Waals surface area (Å²) in [6.45, 7) is 10.1. The number of hydrogen-bond donors (Lipinski definition) is 0. The molecule has 1 atom stereocenters. The first kappa shape index (κ1) is 12.7. The summed E-state index contributed by atoms with van der Waals surface area (Å²) in [4.78, 5) is 11.7. The fourth-order valence-electron chi connectivity index (χ4n) is 2.39. The molecule has 1 fully saturated rings. The summed E-state index contributed by atoms with van der Waals surface area (Å²) >= 11 is 0. The van der Waals surface area contributed by atoms with Crippen LogP contribution in [0.2, 0.25) is 19.1 Å². The Morgan fingerprint density at radius 3 is 2.67 bits per heavy atom. The predicted molar refractivity (Wildman–Crippen MR) is 64.3 cm³/mol. The van der Waals surface area contributed by atoms with Gasteiger partial charge in [-0.2, -0.15) is 0 Å². The highest BCUT2D eigenvalue weighted by Gasteiger charge is 2.37. The Balaban J connectivity index is 2.64. The van der Waals surface area contributed by atoms with Crippen LogP contribution < -0.4 is 0 Å². The molecule has 0 bridgehead atoms. The highest BCUT2D eigenvalue weighted by molar-refractivity contribution is 6.75. The van der Waals surface area contributed by atoms with E-state index in [1.165, 1.54) is 18.9 Å². The number of rotatable bonds is 3. The molecule has 15 heavy (non-hydrogen) atoms. The van der Waals surface area contributed by atoms with E-state index in [1.54, 1.807) is 0 Å². The summed E-state index contributed by atoms with van der Waals surface area (Å²) in [7, 11) is -1.34. The van der Waals surface area contributed by atoms with Gasteiger partial charge < -0.3 is 9.30 Å². The van der Waals surface area contributed by atoms with Crippen LogP contribution in [0.4, 0.5) is 0 Å². The number of carbonyl (C=O) groups excluding carboxylic acids is 1. The first-order valence-corrected chi connectivity index (χ1v) is 9.08. The molecule has 0 aromatic rings. The highest BCUT2D eigenvalue weighted by Crippen LogP contribution is 2.27. The monoisotopic (exact) mass is 229 g/mol. The van der Waals surface area contributed by atoms with Gasteiger partial charge in [0.1, 0.15) is 8.24 Å². The fourth-order valence-corrected chi connectivity index (χ4v) is 5.71. The summed E-state index contributed by atoms with van der Waals surface area (Å²) in [5, 5.41) is 0. The molecule has 0 spiro atoms. The van der Waals surface area contributed by atoms with Crippen LogP contribution in [0.25, 0.3) is 0 Å². The Kier molecular flexibility index (Phi) is 4.34. The zero-order valence-corrected chi connectivity index (χ0v) is 11.4. The Hall–Kier alpha value is -0.353. The van der Waals surface area contributed by atoms with Gasteiger partial charge >= 0.3 is 5.97 Å². The maximum Gasteiger partial charge on any atom is 0.322 e. The molecule has 1 unspecified atom stereocenters. The lowest BCUT2D eigenvalue weighted by Gasteiger charge is -2.43. The third-order valence-corrected chi connectivity index (χ3v) is 7.05. The molecule has 0 aromatic heterocycles. The van der Waals surface area contributed by atoms with Crippen molar-refractivity contribution in [3.8, 4) is 0 Å². The van der Waals surface area contributed by atoms with Gasteiger partial charge in [0.05, 0.1) is 12.6 Å². The summed E-state index contributed by atoms with van der Waals surface area (Å²) in [5.74, 6) is -0.0556. The van der Waals surface area contributed by atoms with E-state index < -0.39 is 8.24 Å². The van der Waals surface area contributed by atoms with Gasteiger partial charge in [0, 0.05) is 0 Å².